The Morgan fingerprint density at radius 3 is 2.86 bits per heavy atom. The van der Waals surface area contributed by atoms with Crippen LogP contribution in [0.2, 0.25) is 0 Å². The second-order valence-electron chi connectivity index (χ2n) is 4.41. The molecule has 1 aromatic heterocycles. The third-order valence-corrected chi connectivity index (χ3v) is 4.48. The maximum atomic E-state index is 12.4. The summed E-state index contributed by atoms with van der Waals surface area (Å²) in [5.41, 5.74) is 6.87. The number of sulfonamides is 1. The smallest absolute Gasteiger partial charge is 0.241 e. The fourth-order valence-electron chi connectivity index (χ4n) is 1.93. The van der Waals surface area contributed by atoms with Crippen LogP contribution in [0.3, 0.4) is 0 Å². The minimum Gasteiger partial charge on any atom is -0.497 e. The Balaban J connectivity index is 2.25. The molecule has 1 heterocycles. The molecule has 1 aromatic carbocycles. The summed E-state index contributed by atoms with van der Waals surface area (Å²) in [5, 5.41) is 0. The molecule has 7 nitrogen and oxygen atoms in total. The predicted octanol–water partition coefficient (Wildman–Crippen LogP) is 0.398. The summed E-state index contributed by atoms with van der Waals surface area (Å²) in [6.07, 6.45) is 3.52. The molecular formula is C13H18N4O3S. The molecule has 114 valence electrons. The van der Waals surface area contributed by atoms with Gasteiger partial charge in [-0.25, -0.2) is 18.1 Å². The first-order valence-corrected chi connectivity index (χ1v) is 7.89. The number of benzene rings is 1. The van der Waals surface area contributed by atoms with Crippen LogP contribution in [0.15, 0.2) is 35.6 Å². The van der Waals surface area contributed by atoms with Crippen molar-refractivity contribution in [3.63, 3.8) is 0 Å². The van der Waals surface area contributed by atoms with Crippen molar-refractivity contribution in [1.82, 2.24) is 14.7 Å². The highest BCUT2D eigenvalue weighted by molar-refractivity contribution is 7.89. The molecule has 0 saturated heterocycles. The first-order valence-electron chi connectivity index (χ1n) is 6.40. The maximum Gasteiger partial charge on any atom is 0.241 e. The van der Waals surface area contributed by atoms with Crippen LogP contribution < -0.4 is 15.2 Å². The number of nitrogens with one attached hydrogen (secondary N) is 2. The van der Waals surface area contributed by atoms with E-state index in [2.05, 4.69) is 14.7 Å². The Kier molecular flexibility index (Phi) is 4.94. The molecule has 2 rings (SSSR count). The van der Waals surface area contributed by atoms with Gasteiger partial charge in [-0.1, -0.05) is 0 Å². The number of aromatic amines is 1. The van der Waals surface area contributed by atoms with Crippen molar-refractivity contribution in [3.05, 3.63) is 42.0 Å². The molecule has 0 unspecified atom stereocenters. The Bertz CT molecular complexity index is 683. The lowest BCUT2D eigenvalue weighted by atomic mass is 10.1. The van der Waals surface area contributed by atoms with Crippen molar-refractivity contribution in [2.45, 2.75) is 17.9 Å². The number of nitrogens with zero attached hydrogens (tertiary/aromatic N) is 1. The molecule has 0 aliphatic rings. The lowest BCUT2D eigenvalue weighted by molar-refractivity contribution is 0.413. The van der Waals surface area contributed by atoms with E-state index in [0.29, 0.717) is 30.0 Å². The standard InChI is InChI=1S/C13H18N4O3S/c1-20-12-2-3-13(10(6-12)4-5-14)21(18,19)17-8-11-7-15-9-16-11/h2-3,6-7,9,17H,4-5,8,14H2,1H3,(H,15,16). The summed E-state index contributed by atoms with van der Waals surface area (Å²) < 4.78 is 32.4. The van der Waals surface area contributed by atoms with Crippen molar-refractivity contribution in [2.75, 3.05) is 13.7 Å². The molecule has 0 atom stereocenters. The number of nitrogens with two attached hydrogens (primary N) is 1. The van der Waals surface area contributed by atoms with Crippen LogP contribution in [0.5, 0.6) is 5.75 Å². The summed E-state index contributed by atoms with van der Waals surface area (Å²) in [5.74, 6) is 0.603. The molecule has 0 aliphatic heterocycles. The van der Waals surface area contributed by atoms with E-state index in [1.54, 1.807) is 18.3 Å². The minimum atomic E-state index is -3.62. The Labute approximate surface area is 123 Å². The number of ether oxygens (including phenoxy) is 1. The minimum absolute atomic E-state index is 0.149. The van der Waals surface area contributed by atoms with Crippen LogP contribution in [-0.4, -0.2) is 32.0 Å². The number of aromatic nitrogens is 2. The van der Waals surface area contributed by atoms with Gasteiger partial charge in [0, 0.05) is 11.9 Å². The molecule has 21 heavy (non-hydrogen) atoms. The largest absolute Gasteiger partial charge is 0.497 e. The van der Waals surface area contributed by atoms with Gasteiger partial charge in [-0.3, -0.25) is 0 Å². The second-order valence-corrected chi connectivity index (χ2v) is 6.15. The summed E-state index contributed by atoms with van der Waals surface area (Å²) >= 11 is 0. The molecule has 0 bridgehead atoms. The summed E-state index contributed by atoms with van der Waals surface area (Å²) in [4.78, 5) is 6.90. The zero-order valence-corrected chi connectivity index (χ0v) is 12.5. The van der Waals surface area contributed by atoms with Gasteiger partial charge in [-0.05, 0) is 36.7 Å². The number of hydrogen-bond donors (Lipinski definition) is 3. The molecular weight excluding hydrogens is 292 g/mol. The highest BCUT2D eigenvalue weighted by Gasteiger charge is 2.18. The van der Waals surface area contributed by atoms with Crippen molar-refractivity contribution >= 4 is 10.0 Å². The fourth-order valence-corrected chi connectivity index (χ4v) is 3.18. The quantitative estimate of drug-likeness (QED) is 0.685. The number of hydrogen-bond acceptors (Lipinski definition) is 5. The van der Waals surface area contributed by atoms with Gasteiger partial charge < -0.3 is 15.5 Å². The van der Waals surface area contributed by atoms with Crippen LogP contribution in [0.1, 0.15) is 11.3 Å². The number of rotatable bonds is 7. The van der Waals surface area contributed by atoms with E-state index in [9.17, 15) is 8.42 Å². The first kappa shape index (κ1) is 15.5. The molecule has 0 fully saturated rings. The number of H-pyrrole nitrogens is 1. The monoisotopic (exact) mass is 310 g/mol. The zero-order chi connectivity index (χ0) is 15.3. The average Bonchev–Trinajstić information content (AvgIpc) is 2.99. The predicted molar refractivity (Wildman–Crippen MR) is 78.4 cm³/mol. The molecule has 0 spiro atoms. The van der Waals surface area contributed by atoms with E-state index >= 15 is 0 Å². The SMILES string of the molecule is COc1ccc(S(=O)(=O)NCc2cnc[nH]2)c(CCN)c1. The second kappa shape index (κ2) is 6.70. The topological polar surface area (TPSA) is 110 Å². The van der Waals surface area contributed by atoms with Gasteiger partial charge in [-0.2, -0.15) is 0 Å². The molecule has 0 radical (unpaired) electrons. The molecule has 2 aromatic rings. The van der Waals surface area contributed by atoms with E-state index in [1.165, 1.54) is 19.5 Å². The van der Waals surface area contributed by atoms with E-state index in [-0.39, 0.29) is 11.4 Å². The van der Waals surface area contributed by atoms with Gasteiger partial charge in [0.2, 0.25) is 10.0 Å². The number of imidazole rings is 1. The van der Waals surface area contributed by atoms with Gasteiger partial charge in [-0.15, -0.1) is 0 Å². The molecule has 8 heteroatoms. The van der Waals surface area contributed by atoms with E-state index in [0.717, 1.165) is 0 Å². The first-order chi connectivity index (χ1) is 10.1. The van der Waals surface area contributed by atoms with Crippen LogP contribution in [0.4, 0.5) is 0 Å². The van der Waals surface area contributed by atoms with Gasteiger partial charge in [0.25, 0.3) is 0 Å². The van der Waals surface area contributed by atoms with Gasteiger partial charge >= 0.3 is 0 Å². The van der Waals surface area contributed by atoms with Crippen LogP contribution in [0.25, 0.3) is 0 Å². The van der Waals surface area contributed by atoms with Crippen LogP contribution in [-0.2, 0) is 23.0 Å². The highest BCUT2D eigenvalue weighted by Crippen LogP contribution is 2.22. The summed E-state index contributed by atoms with van der Waals surface area (Å²) in [6, 6.07) is 4.83. The van der Waals surface area contributed by atoms with Gasteiger partial charge in [0.05, 0.1) is 24.9 Å². The fraction of sp³-hybridized carbons (Fsp3) is 0.308. The van der Waals surface area contributed by atoms with Crippen molar-refractivity contribution in [1.29, 1.82) is 0 Å². The van der Waals surface area contributed by atoms with Crippen LogP contribution in [0, 0.1) is 0 Å². The lowest BCUT2D eigenvalue weighted by Crippen LogP contribution is -2.25. The highest BCUT2D eigenvalue weighted by atomic mass is 32.2. The number of methoxy groups -OCH3 is 1. The van der Waals surface area contributed by atoms with Crippen molar-refractivity contribution in [3.8, 4) is 5.75 Å². The van der Waals surface area contributed by atoms with Gasteiger partial charge in [0.1, 0.15) is 5.75 Å². The average molecular weight is 310 g/mol. The maximum absolute atomic E-state index is 12.4. The van der Waals surface area contributed by atoms with E-state index in [1.807, 2.05) is 0 Å². The lowest BCUT2D eigenvalue weighted by Gasteiger charge is -2.12. The Morgan fingerprint density at radius 1 is 1.43 bits per heavy atom. The molecule has 4 N–H and O–H groups in total. The van der Waals surface area contributed by atoms with E-state index in [4.69, 9.17) is 10.5 Å². The summed E-state index contributed by atoms with van der Waals surface area (Å²) in [6.45, 7) is 0.507. The van der Waals surface area contributed by atoms with E-state index < -0.39 is 10.0 Å². The van der Waals surface area contributed by atoms with Crippen molar-refractivity contribution in [2.24, 2.45) is 5.73 Å². The molecule has 0 amide bonds. The summed E-state index contributed by atoms with van der Waals surface area (Å²) in [7, 11) is -2.09. The Hall–Kier alpha value is -1.90. The molecule has 0 saturated carbocycles. The van der Waals surface area contributed by atoms with Crippen LogP contribution >= 0.6 is 0 Å². The third kappa shape index (κ3) is 3.81. The molecule has 0 aliphatic carbocycles. The zero-order valence-electron chi connectivity index (χ0n) is 11.7. The normalized spacial score (nSPS) is 11.5. The Morgan fingerprint density at radius 2 is 2.24 bits per heavy atom. The van der Waals surface area contributed by atoms with Crippen molar-refractivity contribution < 1.29 is 13.2 Å². The van der Waals surface area contributed by atoms with Gasteiger partial charge in [0.15, 0.2) is 0 Å². The third-order valence-electron chi connectivity index (χ3n) is 2.98.